The van der Waals surface area contributed by atoms with Crippen LogP contribution < -0.4 is 0 Å². The second kappa shape index (κ2) is 3.19. The van der Waals surface area contributed by atoms with Crippen LogP contribution in [-0.2, 0) is 17.1 Å². The molecule has 1 heterocycles. The second-order valence-electron chi connectivity index (χ2n) is 0.832. The molecule has 3 heteroatoms. The quantitative estimate of drug-likeness (QED) is 0.412. The molecular weight excluding hydrogens is 124 g/mol. The second-order valence-corrected chi connectivity index (χ2v) is 0.832. The molecule has 0 aromatic rings. The zero-order valence-electron chi connectivity index (χ0n) is 3.06. The first-order valence-electron chi connectivity index (χ1n) is 1.52. The summed E-state index contributed by atoms with van der Waals surface area (Å²) in [4.78, 5) is 3.72. The van der Waals surface area contributed by atoms with E-state index in [1.807, 2.05) is 12.1 Å². The number of hydrogen-bond acceptors (Lipinski definition) is 1. The van der Waals surface area contributed by atoms with Crippen molar-refractivity contribution in [2.45, 2.75) is 0 Å². The van der Waals surface area contributed by atoms with E-state index in [0.717, 1.165) is 0 Å². The van der Waals surface area contributed by atoms with E-state index in [1.54, 1.807) is 13.6 Å². The van der Waals surface area contributed by atoms with Gasteiger partial charge < -0.3 is 4.90 Å². The van der Waals surface area contributed by atoms with Crippen LogP contribution in [-0.4, -0.2) is 13.6 Å². The van der Waals surface area contributed by atoms with Gasteiger partial charge in [0, 0.05) is 23.3 Å². The summed E-state index contributed by atoms with van der Waals surface area (Å²) in [5.41, 5.74) is 0. The molecule has 0 saturated heterocycles. The summed E-state index contributed by atoms with van der Waals surface area (Å²) in [6, 6.07) is 0. The van der Waals surface area contributed by atoms with Gasteiger partial charge >= 0.3 is 7.41 Å². The first-order valence-corrected chi connectivity index (χ1v) is 1.52. The smallest absolute Gasteiger partial charge is 0.304 e. The molecule has 0 aromatic heterocycles. The van der Waals surface area contributed by atoms with Gasteiger partial charge in [-0.05, 0) is 0 Å². The van der Waals surface area contributed by atoms with Crippen molar-refractivity contribution in [2.75, 3.05) is 0 Å². The van der Waals surface area contributed by atoms with E-state index in [4.69, 9.17) is 0 Å². The van der Waals surface area contributed by atoms with Crippen molar-refractivity contribution in [2.24, 2.45) is 4.90 Å². The Hall–Kier alpha value is -0.00558. The van der Waals surface area contributed by atoms with Gasteiger partial charge in [0.25, 0.3) is 0 Å². The van der Waals surface area contributed by atoms with Gasteiger partial charge in [-0.2, -0.15) is 0 Å². The van der Waals surface area contributed by atoms with Crippen LogP contribution in [0.15, 0.2) is 17.0 Å². The average molecular weight is 127 g/mol. The number of hydrogen-bond donors (Lipinski definition) is 0. The Morgan fingerprint density at radius 2 is 2.33 bits per heavy atom. The Morgan fingerprint density at radius 3 is 2.50 bits per heavy atom. The van der Waals surface area contributed by atoms with E-state index in [2.05, 4.69) is 4.90 Å². The summed E-state index contributed by atoms with van der Waals surface area (Å²) >= 11 is 0. The molecule has 0 atom stereocenters. The van der Waals surface area contributed by atoms with E-state index < -0.39 is 0 Å². The van der Waals surface area contributed by atoms with E-state index in [-0.39, 0.29) is 17.1 Å². The first-order chi connectivity index (χ1) is 2.50. The Balaban J connectivity index is 0.000000250. The van der Waals surface area contributed by atoms with Crippen molar-refractivity contribution in [1.82, 2.24) is 0 Å². The third kappa shape index (κ3) is 1.44. The molecule has 0 N–H and O–H groups in total. The molecule has 0 saturated carbocycles. The molecule has 1 aliphatic rings. The molecule has 1 rings (SSSR count). The molecule has 0 aliphatic carbocycles. The van der Waals surface area contributed by atoms with Crippen LogP contribution in [0.3, 0.4) is 0 Å². The molecular formula is C3H3BCuN. The van der Waals surface area contributed by atoms with Gasteiger partial charge in [0.05, 0.1) is 0 Å². The standard InChI is InChI=1S/C3H3BN.Cu/c1-2-4-5-3-1;/h1-3H;. The monoisotopic (exact) mass is 127 g/mol. The van der Waals surface area contributed by atoms with Gasteiger partial charge in [-0.3, -0.25) is 0 Å². The summed E-state index contributed by atoms with van der Waals surface area (Å²) in [7, 11) is 1.75. The van der Waals surface area contributed by atoms with Gasteiger partial charge in [-0.15, -0.1) is 0 Å². The van der Waals surface area contributed by atoms with Crippen LogP contribution in [0.25, 0.3) is 0 Å². The molecule has 0 fully saturated rings. The largest absolute Gasteiger partial charge is 0.350 e. The molecule has 0 bridgehead atoms. The Bertz CT molecular complexity index is 68.9. The average Bonchev–Trinajstić information content (AvgIpc) is 1.76. The predicted octanol–water partition coefficient (Wildman–Crippen LogP) is 0.201. The van der Waals surface area contributed by atoms with Crippen LogP contribution in [0.5, 0.6) is 0 Å². The molecule has 0 unspecified atom stereocenters. The maximum atomic E-state index is 3.72. The van der Waals surface area contributed by atoms with E-state index in [0.29, 0.717) is 0 Å². The Kier molecular flexibility index (Phi) is 3.19. The molecule has 6 heavy (non-hydrogen) atoms. The zero-order valence-corrected chi connectivity index (χ0v) is 4.00. The van der Waals surface area contributed by atoms with Crippen molar-refractivity contribution in [1.29, 1.82) is 0 Å². The van der Waals surface area contributed by atoms with Gasteiger partial charge in [0.1, 0.15) is 0 Å². The summed E-state index contributed by atoms with van der Waals surface area (Å²) in [6.07, 6.45) is 3.64. The molecule has 0 aromatic carbocycles. The SMILES string of the molecule is [B]1C=CC=N1.[Cu]. The van der Waals surface area contributed by atoms with Gasteiger partial charge in [0.2, 0.25) is 0 Å². The van der Waals surface area contributed by atoms with Gasteiger partial charge in [-0.1, -0.05) is 12.1 Å². The fourth-order valence-electron chi connectivity index (χ4n) is 0.248. The van der Waals surface area contributed by atoms with Crippen molar-refractivity contribution >= 4 is 13.6 Å². The third-order valence-electron chi connectivity index (χ3n) is 0.455. The van der Waals surface area contributed by atoms with Crippen LogP contribution >= 0.6 is 0 Å². The molecule has 0 spiro atoms. The minimum atomic E-state index is 0. The Morgan fingerprint density at radius 1 is 1.50 bits per heavy atom. The van der Waals surface area contributed by atoms with Crippen LogP contribution in [0.2, 0.25) is 0 Å². The summed E-state index contributed by atoms with van der Waals surface area (Å²) in [6.45, 7) is 0. The molecule has 0 amide bonds. The number of allylic oxidation sites excluding steroid dienone is 1. The van der Waals surface area contributed by atoms with Crippen LogP contribution in [0.1, 0.15) is 0 Å². The minimum absolute atomic E-state index is 0. The fourth-order valence-corrected chi connectivity index (χ4v) is 0.248. The van der Waals surface area contributed by atoms with Crippen molar-refractivity contribution in [3.63, 3.8) is 0 Å². The predicted molar refractivity (Wildman–Crippen MR) is 23.4 cm³/mol. The van der Waals surface area contributed by atoms with Crippen LogP contribution in [0, 0.1) is 0 Å². The topological polar surface area (TPSA) is 12.4 Å². The number of rotatable bonds is 0. The minimum Gasteiger partial charge on any atom is -0.350 e. The van der Waals surface area contributed by atoms with Crippen molar-refractivity contribution in [3.05, 3.63) is 12.1 Å². The molecule has 1 nitrogen and oxygen atoms in total. The van der Waals surface area contributed by atoms with E-state index in [9.17, 15) is 0 Å². The van der Waals surface area contributed by atoms with E-state index in [1.165, 1.54) is 0 Å². The van der Waals surface area contributed by atoms with E-state index >= 15 is 0 Å². The third-order valence-corrected chi connectivity index (χ3v) is 0.455. The molecule has 34 valence electrons. The summed E-state index contributed by atoms with van der Waals surface area (Å²) < 4.78 is 0. The summed E-state index contributed by atoms with van der Waals surface area (Å²) in [5, 5.41) is 0. The number of nitrogens with zero attached hydrogens (tertiary/aromatic N) is 1. The Labute approximate surface area is 48.3 Å². The fraction of sp³-hybridized carbons (Fsp3) is 0. The van der Waals surface area contributed by atoms with Gasteiger partial charge in [0.15, 0.2) is 0 Å². The molecule has 2 radical (unpaired) electrons. The van der Waals surface area contributed by atoms with Crippen molar-refractivity contribution in [3.8, 4) is 0 Å². The maximum Gasteiger partial charge on any atom is 0.304 e. The van der Waals surface area contributed by atoms with Crippen LogP contribution in [0.4, 0.5) is 0 Å². The normalized spacial score (nSPS) is 13.3. The maximum absolute atomic E-state index is 3.72. The van der Waals surface area contributed by atoms with Crippen molar-refractivity contribution < 1.29 is 17.1 Å². The zero-order chi connectivity index (χ0) is 3.54. The van der Waals surface area contributed by atoms with Gasteiger partial charge in [-0.25, -0.2) is 0 Å². The molecule has 1 aliphatic heterocycles. The first kappa shape index (κ1) is 5.99. The summed E-state index contributed by atoms with van der Waals surface area (Å²) in [5.74, 6) is 1.89.